The van der Waals surface area contributed by atoms with Crippen molar-refractivity contribution >= 4 is 35.0 Å². The summed E-state index contributed by atoms with van der Waals surface area (Å²) in [4.78, 5) is 26.7. The number of thioether (sulfide) groups is 1. The number of hydrogen-bond acceptors (Lipinski definition) is 3. The average Bonchev–Trinajstić information content (AvgIpc) is 2.73. The summed E-state index contributed by atoms with van der Waals surface area (Å²) in [5.41, 5.74) is 0.387. The first kappa shape index (κ1) is 19.3. The molecular weight excluding hydrogens is 377 g/mol. The molecular formula is C19H17F3N2O2S. The molecule has 1 atom stereocenters. The molecule has 0 unspecified atom stereocenters. The van der Waals surface area contributed by atoms with E-state index in [1.54, 1.807) is 31.2 Å². The van der Waals surface area contributed by atoms with Crippen LogP contribution < -0.4 is 10.2 Å². The Bertz CT molecular complexity index is 870. The number of rotatable bonds is 3. The molecule has 142 valence electrons. The van der Waals surface area contributed by atoms with Gasteiger partial charge in [0.2, 0.25) is 11.8 Å². The Balaban J connectivity index is 1.79. The number of fused-ring (bicyclic) bond motifs is 1. The Morgan fingerprint density at radius 3 is 2.70 bits per heavy atom. The molecule has 0 radical (unpaired) electrons. The number of amides is 2. The molecule has 0 spiro atoms. The van der Waals surface area contributed by atoms with Gasteiger partial charge in [0.25, 0.3) is 0 Å². The third-order valence-corrected chi connectivity index (χ3v) is 5.13. The second kappa shape index (κ2) is 7.64. The number of carbonyl (C=O) groups excluding carboxylic acids is 2. The number of para-hydroxylation sites is 2. The molecule has 3 rings (SSSR count). The van der Waals surface area contributed by atoms with E-state index < -0.39 is 11.7 Å². The molecule has 0 aliphatic carbocycles. The van der Waals surface area contributed by atoms with E-state index >= 15 is 0 Å². The number of nitrogens with one attached hydrogen (secondary N) is 1. The molecule has 4 nitrogen and oxygen atoms in total. The van der Waals surface area contributed by atoms with Crippen LogP contribution in [-0.2, 0) is 15.8 Å². The molecule has 1 aliphatic heterocycles. The van der Waals surface area contributed by atoms with Crippen LogP contribution in [0.15, 0.2) is 53.4 Å². The molecule has 1 heterocycles. The van der Waals surface area contributed by atoms with Crippen LogP contribution in [0.3, 0.4) is 0 Å². The standard InChI is InChI=1S/C19H17F3N2O2S/c1-12-9-17(25)23-15-7-2-3-8-16(15)24(12)18(26)11-27-14-6-4-5-13(10-14)19(20,21)22/h2-8,10,12H,9,11H2,1H3,(H,23,25)/t12-/m0/s1. The number of carbonyl (C=O) groups is 2. The highest BCUT2D eigenvalue weighted by Crippen LogP contribution is 2.34. The topological polar surface area (TPSA) is 49.4 Å². The van der Waals surface area contributed by atoms with Crippen LogP contribution in [0.25, 0.3) is 0 Å². The van der Waals surface area contributed by atoms with Crippen LogP contribution in [0.1, 0.15) is 18.9 Å². The zero-order valence-corrected chi connectivity index (χ0v) is 15.2. The Morgan fingerprint density at radius 1 is 1.22 bits per heavy atom. The van der Waals surface area contributed by atoms with Crippen LogP contribution in [0.5, 0.6) is 0 Å². The van der Waals surface area contributed by atoms with Gasteiger partial charge in [-0.1, -0.05) is 18.2 Å². The van der Waals surface area contributed by atoms with Crippen molar-refractivity contribution in [3.63, 3.8) is 0 Å². The Morgan fingerprint density at radius 2 is 1.96 bits per heavy atom. The fraction of sp³-hybridized carbons (Fsp3) is 0.263. The number of halogens is 3. The lowest BCUT2D eigenvalue weighted by atomic mass is 10.2. The molecule has 0 saturated carbocycles. The maximum atomic E-state index is 12.8. The fourth-order valence-corrected chi connectivity index (χ4v) is 3.76. The van der Waals surface area contributed by atoms with Crippen molar-refractivity contribution in [3.05, 3.63) is 54.1 Å². The van der Waals surface area contributed by atoms with Gasteiger partial charge in [0.15, 0.2) is 0 Å². The van der Waals surface area contributed by atoms with Crippen molar-refractivity contribution in [3.8, 4) is 0 Å². The molecule has 1 aliphatic rings. The highest BCUT2D eigenvalue weighted by molar-refractivity contribution is 8.00. The van der Waals surface area contributed by atoms with E-state index in [1.807, 2.05) is 0 Å². The van der Waals surface area contributed by atoms with Gasteiger partial charge in [-0.3, -0.25) is 9.59 Å². The minimum atomic E-state index is -4.43. The highest BCUT2D eigenvalue weighted by Gasteiger charge is 2.31. The maximum Gasteiger partial charge on any atom is 0.416 e. The molecule has 0 bridgehead atoms. The minimum absolute atomic E-state index is 0.0336. The minimum Gasteiger partial charge on any atom is -0.324 e. The largest absolute Gasteiger partial charge is 0.416 e. The van der Waals surface area contributed by atoms with Gasteiger partial charge in [-0.2, -0.15) is 13.2 Å². The quantitative estimate of drug-likeness (QED) is 0.777. The van der Waals surface area contributed by atoms with Crippen molar-refractivity contribution in [2.24, 2.45) is 0 Å². The van der Waals surface area contributed by atoms with Gasteiger partial charge in [0.1, 0.15) is 0 Å². The Kier molecular flexibility index (Phi) is 5.46. The highest BCUT2D eigenvalue weighted by atomic mass is 32.2. The van der Waals surface area contributed by atoms with Crippen molar-refractivity contribution in [1.82, 2.24) is 0 Å². The van der Waals surface area contributed by atoms with Crippen LogP contribution in [-0.4, -0.2) is 23.6 Å². The summed E-state index contributed by atoms with van der Waals surface area (Å²) in [5, 5.41) is 2.77. The molecule has 2 aromatic rings. The summed E-state index contributed by atoms with van der Waals surface area (Å²) >= 11 is 1.04. The van der Waals surface area contributed by atoms with Gasteiger partial charge in [-0.25, -0.2) is 0 Å². The van der Waals surface area contributed by atoms with Gasteiger partial charge in [-0.05, 0) is 37.3 Å². The summed E-state index contributed by atoms with van der Waals surface area (Å²) in [6.07, 6.45) is -4.28. The lowest BCUT2D eigenvalue weighted by Crippen LogP contribution is -2.40. The van der Waals surface area contributed by atoms with E-state index in [0.717, 1.165) is 23.9 Å². The van der Waals surface area contributed by atoms with E-state index in [9.17, 15) is 22.8 Å². The van der Waals surface area contributed by atoms with Crippen molar-refractivity contribution in [2.75, 3.05) is 16.0 Å². The molecule has 2 amide bonds. The molecule has 27 heavy (non-hydrogen) atoms. The smallest absolute Gasteiger partial charge is 0.324 e. The van der Waals surface area contributed by atoms with Crippen molar-refractivity contribution < 1.29 is 22.8 Å². The van der Waals surface area contributed by atoms with Crippen LogP contribution in [0.2, 0.25) is 0 Å². The van der Waals surface area contributed by atoms with Gasteiger partial charge in [0, 0.05) is 17.4 Å². The predicted molar refractivity (Wildman–Crippen MR) is 98.8 cm³/mol. The van der Waals surface area contributed by atoms with Crippen LogP contribution >= 0.6 is 11.8 Å². The molecule has 2 aromatic carbocycles. The summed E-state index contributed by atoms with van der Waals surface area (Å²) in [5.74, 6) is -0.488. The molecule has 8 heteroatoms. The van der Waals surface area contributed by atoms with E-state index in [-0.39, 0.29) is 30.0 Å². The number of anilines is 2. The van der Waals surface area contributed by atoms with Crippen LogP contribution in [0.4, 0.5) is 24.5 Å². The SMILES string of the molecule is C[C@H]1CC(=O)Nc2ccccc2N1C(=O)CSc1cccc(C(F)(F)F)c1. The van der Waals surface area contributed by atoms with E-state index in [1.165, 1.54) is 17.0 Å². The fourth-order valence-electron chi connectivity index (χ4n) is 2.94. The number of alkyl halides is 3. The van der Waals surface area contributed by atoms with E-state index in [4.69, 9.17) is 0 Å². The first-order valence-electron chi connectivity index (χ1n) is 8.26. The first-order valence-corrected chi connectivity index (χ1v) is 9.25. The van der Waals surface area contributed by atoms with Crippen LogP contribution in [0, 0.1) is 0 Å². The summed E-state index contributed by atoms with van der Waals surface area (Å²) < 4.78 is 38.5. The molecule has 0 saturated heterocycles. The first-order chi connectivity index (χ1) is 12.8. The van der Waals surface area contributed by atoms with Gasteiger partial charge in [-0.15, -0.1) is 11.8 Å². The van der Waals surface area contributed by atoms with E-state index in [0.29, 0.717) is 16.3 Å². The number of benzene rings is 2. The monoisotopic (exact) mass is 394 g/mol. The van der Waals surface area contributed by atoms with E-state index in [2.05, 4.69) is 5.32 Å². The van der Waals surface area contributed by atoms with Crippen molar-refractivity contribution in [1.29, 1.82) is 0 Å². The second-order valence-electron chi connectivity index (χ2n) is 6.20. The lowest BCUT2D eigenvalue weighted by molar-refractivity contribution is -0.137. The predicted octanol–water partition coefficient (Wildman–Crippen LogP) is 4.56. The number of nitrogens with zero attached hydrogens (tertiary/aromatic N) is 1. The Labute approximate surface area is 158 Å². The average molecular weight is 394 g/mol. The summed E-state index contributed by atoms with van der Waals surface area (Å²) in [7, 11) is 0. The number of hydrogen-bond donors (Lipinski definition) is 1. The molecule has 0 aromatic heterocycles. The second-order valence-corrected chi connectivity index (χ2v) is 7.25. The van der Waals surface area contributed by atoms with Gasteiger partial charge >= 0.3 is 6.18 Å². The zero-order chi connectivity index (χ0) is 19.6. The summed E-state index contributed by atoms with van der Waals surface area (Å²) in [6.45, 7) is 1.77. The van der Waals surface area contributed by atoms with Gasteiger partial charge in [0.05, 0.1) is 22.7 Å². The molecule has 1 N–H and O–H groups in total. The lowest BCUT2D eigenvalue weighted by Gasteiger charge is -2.27. The van der Waals surface area contributed by atoms with Crippen molar-refractivity contribution in [2.45, 2.75) is 30.5 Å². The Hall–Kier alpha value is -2.48. The third-order valence-electron chi connectivity index (χ3n) is 4.15. The third kappa shape index (κ3) is 4.44. The summed E-state index contributed by atoms with van der Waals surface area (Å²) in [6, 6.07) is 11.5. The molecule has 0 fully saturated rings. The normalized spacial score (nSPS) is 17.1. The van der Waals surface area contributed by atoms with Gasteiger partial charge < -0.3 is 10.2 Å². The maximum absolute atomic E-state index is 12.8. The zero-order valence-electron chi connectivity index (χ0n) is 14.4.